The van der Waals surface area contributed by atoms with Gasteiger partial charge < -0.3 is 5.32 Å². The molecule has 8 heteroatoms. The molecule has 0 unspecified atom stereocenters. The number of halogens is 1. The lowest BCUT2D eigenvalue weighted by atomic mass is 10.1. The summed E-state index contributed by atoms with van der Waals surface area (Å²) in [6.45, 7) is 2.88. The summed E-state index contributed by atoms with van der Waals surface area (Å²) < 4.78 is 13.2. The quantitative estimate of drug-likeness (QED) is 0.599. The van der Waals surface area contributed by atoms with E-state index in [4.69, 9.17) is 0 Å². The van der Waals surface area contributed by atoms with Crippen LogP contribution in [0.5, 0.6) is 0 Å². The minimum absolute atomic E-state index is 0.146. The summed E-state index contributed by atoms with van der Waals surface area (Å²) >= 11 is 0. The van der Waals surface area contributed by atoms with Crippen molar-refractivity contribution in [3.05, 3.63) is 59.9 Å². The zero-order valence-corrected chi connectivity index (χ0v) is 16.0. The maximum Gasteiger partial charge on any atom is 0.332 e. The van der Waals surface area contributed by atoms with Crippen molar-refractivity contribution in [1.82, 2.24) is 4.90 Å². The van der Waals surface area contributed by atoms with E-state index < -0.39 is 36.1 Å². The summed E-state index contributed by atoms with van der Waals surface area (Å²) in [6, 6.07) is 10.0. The van der Waals surface area contributed by atoms with Crippen molar-refractivity contribution < 1.29 is 23.6 Å². The zero-order valence-electron chi connectivity index (χ0n) is 16.0. The van der Waals surface area contributed by atoms with Crippen molar-refractivity contribution in [2.24, 2.45) is 0 Å². The number of nitrogens with zero attached hydrogens (tertiary/aromatic N) is 2. The van der Waals surface area contributed by atoms with Crippen LogP contribution in [-0.4, -0.2) is 41.1 Å². The van der Waals surface area contributed by atoms with Crippen molar-refractivity contribution in [1.29, 1.82) is 0 Å². The number of hydrogen-bond donors (Lipinski definition) is 1. The molecule has 3 rings (SSSR count). The van der Waals surface area contributed by atoms with E-state index in [2.05, 4.69) is 5.32 Å². The zero-order chi connectivity index (χ0) is 21.1. The molecule has 1 atom stereocenters. The summed E-state index contributed by atoms with van der Waals surface area (Å²) in [4.78, 5) is 51.4. The predicted octanol–water partition coefficient (Wildman–Crippen LogP) is 3.21. The molecule has 29 heavy (non-hydrogen) atoms. The Morgan fingerprint density at radius 1 is 1.03 bits per heavy atom. The minimum atomic E-state index is -0.799. The summed E-state index contributed by atoms with van der Waals surface area (Å²) in [5.41, 5.74) is 1.24. The van der Waals surface area contributed by atoms with Crippen LogP contribution in [-0.2, 0) is 9.59 Å². The van der Waals surface area contributed by atoms with Crippen LogP contribution < -0.4 is 10.2 Å². The number of nitrogens with one attached hydrogen (secondary N) is 1. The Labute approximate surface area is 167 Å². The first-order valence-electron chi connectivity index (χ1n) is 9.15. The van der Waals surface area contributed by atoms with Crippen molar-refractivity contribution in [2.75, 3.05) is 16.8 Å². The molecule has 7 nitrogen and oxygen atoms in total. The Kier molecular flexibility index (Phi) is 5.72. The molecule has 1 saturated heterocycles. The van der Waals surface area contributed by atoms with Gasteiger partial charge in [0.1, 0.15) is 11.9 Å². The molecule has 0 saturated carbocycles. The molecule has 150 valence electrons. The smallest absolute Gasteiger partial charge is 0.326 e. The van der Waals surface area contributed by atoms with Crippen LogP contribution in [0.2, 0.25) is 0 Å². The predicted molar refractivity (Wildman–Crippen MR) is 105 cm³/mol. The Morgan fingerprint density at radius 3 is 2.24 bits per heavy atom. The first-order chi connectivity index (χ1) is 13.8. The van der Waals surface area contributed by atoms with Gasteiger partial charge in [-0.1, -0.05) is 6.92 Å². The number of benzene rings is 2. The third-order valence-corrected chi connectivity index (χ3v) is 4.67. The average Bonchev–Trinajstić information content (AvgIpc) is 2.92. The van der Waals surface area contributed by atoms with Crippen molar-refractivity contribution in [3.63, 3.8) is 0 Å². The van der Waals surface area contributed by atoms with Crippen molar-refractivity contribution >= 4 is 35.0 Å². The number of hydrogen-bond acceptors (Lipinski definition) is 4. The lowest BCUT2D eigenvalue weighted by molar-refractivity contribution is -0.126. The topological polar surface area (TPSA) is 86.8 Å². The second-order valence-corrected chi connectivity index (χ2v) is 6.63. The molecule has 1 fully saturated rings. The number of urea groups is 1. The van der Waals surface area contributed by atoms with Gasteiger partial charge in [0.25, 0.3) is 5.91 Å². The maximum atomic E-state index is 13.2. The molecule has 1 aliphatic rings. The first kappa shape index (κ1) is 20.2. The molecule has 4 amide bonds. The molecule has 1 N–H and O–H groups in total. The van der Waals surface area contributed by atoms with Gasteiger partial charge in [-0.2, -0.15) is 0 Å². The minimum Gasteiger partial charge on any atom is -0.326 e. The second-order valence-electron chi connectivity index (χ2n) is 6.63. The SMILES string of the molecule is CCC(=O)Nc1ccc(C(=O)CN2C(=O)[C@H](C)N(c3ccc(F)cc3)C2=O)cc1. The second kappa shape index (κ2) is 8.22. The highest BCUT2D eigenvalue weighted by Crippen LogP contribution is 2.26. The summed E-state index contributed by atoms with van der Waals surface area (Å²) in [5, 5.41) is 2.68. The van der Waals surface area contributed by atoms with Gasteiger partial charge in [0.2, 0.25) is 5.91 Å². The number of carbonyl (C=O) groups is 4. The number of ketones is 1. The van der Waals surface area contributed by atoms with Gasteiger partial charge >= 0.3 is 6.03 Å². The molecule has 0 aromatic heterocycles. The molecule has 0 spiro atoms. The number of imide groups is 1. The van der Waals surface area contributed by atoms with Gasteiger partial charge in [0.05, 0.1) is 6.54 Å². The molecule has 0 bridgehead atoms. The van der Waals surface area contributed by atoms with E-state index >= 15 is 0 Å². The molecule has 1 aliphatic heterocycles. The van der Waals surface area contributed by atoms with E-state index in [1.807, 2.05) is 0 Å². The van der Waals surface area contributed by atoms with Gasteiger partial charge in [0.15, 0.2) is 5.78 Å². The Hall–Kier alpha value is -3.55. The van der Waals surface area contributed by atoms with Gasteiger partial charge in [-0.25, -0.2) is 9.18 Å². The number of rotatable bonds is 6. The molecule has 1 heterocycles. The molecular formula is C21H20FN3O4. The third-order valence-electron chi connectivity index (χ3n) is 4.67. The van der Waals surface area contributed by atoms with Gasteiger partial charge in [0, 0.05) is 23.4 Å². The number of amides is 4. The Balaban J connectivity index is 1.73. The standard InChI is InChI=1S/C21H20FN3O4/c1-3-19(27)23-16-8-4-14(5-9-16)18(26)12-24-20(28)13(2)25(21(24)29)17-10-6-15(22)7-11-17/h4-11,13H,3,12H2,1-2H3,(H,23,27)/t13-/m0/s1. The monoisotopic (exact) mass is 397 g/mol. The lowest BCUT2D eigenvalue weighted by Crippen LogP contribution is -2.37. The fourth-order valence-corrected chi connectivity index (χ4v) is 3.03. The van der Waals surface area contributed by atoms with Crippen LogP contribution in [0, 0.1) is 5.82 Å². The maximum absolute atomic E-state index is 13.2. The molecule has 2 aromatic rings. The highest BCUT2D eigenvalue weighted by atomic mass is 19.1. The summed E-state index contributed by atoms with van der Waals surface area (Å²) in [6.07, 6.45) is 0.336. The van der Waals surface area contributed by atoms with Crippen molar-refractivity contribution in [2.45, 2.75) is 26.3 Å². The highest BCUT2D eigenvalue weighted by Gasteiger charge is 2.44. The van der Waals surface area contributed by atoms with Gasteiger partial charge in [-0.05, 0) is 55.5 Å². The van der Waals surface area contributed by atoms with E-state index in [1.54, 1.807) is 26.0 Å². The van der Waals surface area contributed by atoms with Crippen LogP contribution >= 0.6 is 0 Å². The Morgan fingerprint density at radius 2 is 1.66 bits per heavy atom. The van der Waals surface area contributed by atoms with Crippen LogP contribution in [0.25, 0.3) is 0 Å². The normalized spacial score (nSPS) is 16.3. The van der Waals surface area contributed by atoms with E-state index in [0.29, 0.717) is 23.4 Å². The first-order valence-corrected chi connectivity index (χ1v) is 9.15. The van der Waals surface area contributed by atoms with E-state index in [-0.39, 0.29) is 5.91 Å². The third kappa shape index (κ3) is 4.16. The number of anilines is 2. The van der Waals surface area contributed by atoms with E-state index in [9.17, 15) is 23.6 Å². The molecule has 0 aliphatic carbocycles. The van der Waals surface area contributed by atoms with Gasteiger partial charge in [-0.15, -0.1) is 0 Å². The number of carbonyl (C=O) groups excluding carboxylic acids is 4. The van der Waals surface area contributed by atoms with E-state index in [1.165, 1.54) is 41.3 Å². The van der Waals surface area contributed by atoms with Crippen LogP contribution in [0.1, 0.15) is 30.6 Å². The summed E-state index contributed by atoms with van der Waals surface area (Å²) in [7, 11) is 0. The van der Waals surface area contributed by atoms with Crippen LogP contribution in [0.15, 0.2) is 48.5 Å². The molecule has 2 aromatic carbocycles. The van der Waals surface area contributed by atoms with Gasteiger partial charge in [-0.3, -0.25) is 24.2 Å². The molecule has 0 radical (unpaired) electrons. The lowest BCUT2D eigenvalue weighted by Gasteiger charge is -2.19. The summed E-state index contributed by atoms with van der Waals surface area (Å²) in [5.74, 6) is -1.51. The fourth-order valence-electron chi connectivity index (χ4n) is 3.03. The number of Topliss-reactive ketones (excluding diaryl/α,β-unsaturated/α-hetero) is 1. The molecular weight excluding hydrogens is 377 g/mol. The van der Waals surface area contributed by atoms with Crippen LogP contribution in [0.3, 0.4) is 0 Å². The van der Waals surface area contributed by atoms with E-state index in [0.717, 1.165) is 4.90 Å². The van der Waals surface area contributed by atoms with Crippen LogP contribution in [0.4, 0.5) is 20.6 Å². The highest BCUT2D eigenvalue weighted by molar-refractivity contribution is 6.16. The Bertz CT molecular complexity index is 957. The fraction of sp³-hybridized carbons (Fsp3) is 0.238. The average molecular weight is 397 g/mol. The largest absolute Gasteiger partial charge is 0.332 e. The van der Waals surface area contributed by atoms with Crippen molar-refractivity contribution in [3.8, 4) is 0 Å².